The van der Waals surface area contributed by atoms with E-state index in [1.807, 2.05) is 12.1 Å². The van der Waals surface area contributed by atoms with E-state index in [4.69, 9.17) is 0 Å². The number of aryl methyl sites for hydroxylation is 2. The van der Waals surface area contributed by atoms with Crippen LogP contribution < -0.4 is 0 Å². The molecule has 0 fully saturated rings. The zero-order chi connectivity index (χ0) is 13.2. The molecule has 19 heavy (non-hydrogen) atoms. The second kappa shape index (κ2) is 5.35. The highest BCUT2D eigenvalue weighted by Crippen LogP contribution is 2.34. The number of aromatic nitrogens is 1. The molecule has 2 nitrogen and oxygen atoms in total. The molecular formula is C16H17NOS. The topological polar surface area (TPSA) is 33.1 Å². The van der Waals surface area contributed by atoms with Gasteiger partial charge >= 0.3 is 0 Å². The molecule has 1 aromatic carbocycles. The Hall–Kier alpha value is -1.32. The molecule has 0 radical (unpaired) electrons. The summed E-state index contributed by atoms with van der Waals surface area (Å²) < 4.78 is 0. The number of aliphatic hydroxyl groups is 1. The van der Waals surface area contributed by atoms with E-state index in [0.29, 0.717) is 0 Å². The Morgan fingerprint density at radius 1 is 1.21 bits per heavy atom. The Labute approximate surface area is 117 Å². The van der Waals surface area contributed by atoms with E-state index in [1.54, 1.807) is 24.9 Å². The minimum Gasteiger partial charge on any atom is -0.389 e. The summed E-state index contributed by atoms with van der Waals surface area (Å²) >= 11 is 1.64. The van der Waals surface area contributed by atoms with Crippen LogP contribution in [-0.2, 0) is 12.8 Å². The molecule has 0 unspecified atom stereocenters. The highest BCUT2D eigenvalue weighted by atomic mass is 32.2. The molecule has 2 aromatic rings. The van der Waals surface area contributed by atoms with Crippen molar-refractivity contribution in [1.29, 1.82) is 0 Å². The van der Waals surface area contributed by atoms with Crippen LogP contribution in [0.1, 0.15) is 36.1 Å². The van der Waals surface area contributed by atoms with E-state index < -0.39 is 6.10 Å². The summed E-state index contributed by atoms with van der Waals surface area (Å²) in [6.07, 6.45) is 4.97. The minimum absolute atomic E-state index is 0.481. The van der Waals surface area contributed by atoms with Gasteiger partial charge in [-0.2, -0.15) is 0 Å². The van der Waals surface area contributed by atoms with Crippen LogP contribution in [0, 0.1) is 0 Å². The predicted molar refractivity (Wildman–Crippen MR) is 77.5 cm³/mol. The van der Waals surface area contributed by atoms with Gasteiger partial charge in [0, 0.05) is 16.7 Å². The summed E-state index contributed by atoms with van der Waals surface area (Å²) in [5, 5.41) is 10.7. The van der Waals surface area contributed by atoms with Gasteiger partial charge in [-0.25, -0.2) is 4.98 Å². The van der Waals surface area contributed by atoms with Crippen molar-refractivity contribution in [1.82, 2.24) is 4.98 Å². The van der Waals surface area contributed by atoms with Gasteiger partial charge in [0.15, 0.2) is 0 Å². The Bertz CT molecular complexity index is 595. The van der Waals surface area contributed by atoms with E-state index in [-0.39, 0.29) is 0 Å². The average Bonchev–Trinajstić information content (AvgIpc) is 2.86. The molecule has 0 saturated carbocycles. The van der Waals surface area contributed by atoms with Crippen molar-refractivity contribution in [3.63, 3.8) is 0 Å². The molecule has 0 amide bonds. The lowest BCUT2D eigenvalue weighted by Crippen LogP contribution is -1.96. The number of nitrogens with zero attached hydrogens (tertiary/aromatic N) is 1. The second-order valence-corrected chi connectivity index (χ2v) is 6.02. The first-order valence-corrected chi connectivity index (χ1v) is 7.48. The van der Waals surface area contributed by atoms with Crippen molar-refractivity contribution in [3.05, 3.63) is 53.2 Å². The molecule has 3 rings (SSSR count). The molecule has 3 heteroatoms. The third-order valence-electron chi connectivity index (χ3n) is 3.54. The van der Waals surface area contributed by atoms with Crippen LogP contribution in [0.15, 0.2) is 46.5 Å². The molecule has 1 aliphatic rings. The van der Waals surface area contributed by atoms with Crippen molar-refractivity contribution in [2.45, 2.75) is 42.2 Å². The number of aliphatic hydroxyl groups excluding tert-OH is 1. The quantitative estimate of drug-likeness (QED) is 0.922. The highest BCUT2D eigenvalue weighted by Gasteiger charge is 2.13. The standard InChI is InChI=1S/C16H17NOS/c1-11(18)15-6-3-9-17-16(15)19-14-8-7-12-4-2-5-13(12)10-14/h3,6-11,18H,2,4-5H2,1H3/t11-/m1/s1. The summed E-state index contributed by atoms with van der Waals surface area (Å²) in [6.45, 7) is 1.78. The molecule has 1 aliphatic carbocycles. The zero-order valence-corrected chi connectivity index (χ0v) is 11.8. The van der Waals surface area contributed by atoms with E-state index >= 15 is 0 Å². The van der Waals surface area contributed by atoms with Crippen molar-refractivity contribution in [3.8, 4) is 0 Å². The van der Waals surface area contributed by atoms with Crippen molar-refractivity contribution in [2.75, 3.05) is 0 Å². The van der Waals surface area contributed by atoms with Gasteiger partial charge in [-0.1, -0.05) is 23.9 Å². The van der Waals surface area contributed by atoms with Crippen LogP contribution in [0.2, 0.25) is 0 Å². The summed E-state index contributed by atoms with van der Waals surface area (Å²) in [4.78, 5) is 5.60. The lowest BCUT2D eigenvalue weighted by molar-refractivity contribution is 0.195. The van der Waals surface area contributed by atoms with Crippen LogP contribution in [0.25, 0.3) is 0 Å². The van der Waals surface area contributed by atoms with Crippen LogP contribution in [0.4, 0.5) is 0 Å². The molecule has 0 spiro atoms. The summed E-state index contributed by atoms with van der Waals surface area (Å²) in [5.74, 6) is 0. The van der Waals surface area contributed by atoms with Crippen LogP contribution in [-0.4, -0.2) is 10.1 Å². The molecule has 0 bridgehead atoms. The van der Waals surface area contributed by atoms with Gasteiger partial charge < -0.3 is 5.11 Å². The third kappa shape index (κ3) is 2.67. The number of benzene rings is 1. The van der Waals surface area contributed by atoms with Crippen molar-refractivity contribution < 1.29 is 5.11 Å². The first-order valence-electron chi connectivity index (χ1n) is 6.66. The van der Waals surface area contributed by atoms with Crippen LogP contribution in [0.5, 0.6) is 0 Å². The summed E-state index contributed by atoms with van der Waals surface area (Å²) in [6, 6.07) is 10.5. The minimum atomic E-state index is -0.481. The van der Waals surface area contributed by atoms with Gasteiger partial charge in [-0.15, -0.1) is 0 Å². The fourth-order valence-electron chi connectivity index (χ4n) is 2.53. The van der Waals surface area contributed by atoms with E-state index in [2.05, 4.69) is 23.2 Å². The smallest absolute Gasteiger partial charge is 0.106 e. The molecule has 1 N–H and O–H groups in total. The lowest BCUT2D eigenvalue weighted by atomic mass is 10.1. The SMILES string of the molecule is C[C@@H](O)c1cccnc1Sc1ccc2c(c1)CCC2. The van der Waals surface area contributed by atoms with Crippen LogP contribution >= 0.6 is 11.8 Å². The maximum atomic E-state index is 9.78. The van der Waals surface area contributed by atoms with Gasteiger partial charge in [0.05, 0.1) is 6.10 Å². The zero-order valence-electron chi connectivity index (χ0n) is 11.0. The summed E-state index contributed by atoms with van der Waals surface area (Å²) in [7, 11) is 0. The maximum Gasteiger partial charge on any atom is 0.106 e. The number of rotatable bonds is 3. The average molecular weight is 271 g/mol. The number of hydrogen-bond acceptors (Lipinski definition) is 3. The molecule has 1 heterocycles. The number of pyridine rings is 1. The monoisotopic (exact) mass is 271 g/mol. The van der Waals surface area contributed by atoms with E-state index in [9.17, 15) is 5.11 Å². The van der Waals surface area contributed by atoms with Gasteiger partial charge in [0.1, 0.15) is 5.03 Å². The summed E-state index contributed by atoms with van der Waals surface area (Å²) in [5.41, 5.74) is 3.86. The normalized spacial score (nSPS) is 15.3. The molecule has 98 valence electrons. The largest absolute Gasteiger partial charge is 0.389 e. The lowest BCUT2D eigenvalue weighted by Gasteiger charge is -2.10. The Kier molecular flexibility index (Phi) is 3.58. The molecule has 0 saturated heterocycles. The van der Waals surface area contributed by atoms with Crippen molar-refractivity contribution >= 4 is 11.8 Å². The molecule has 0 aliphatic heterocycles. The Balaban J connectivity index is 1.89. The van der Waals surface area contributed by atoms with Crippen molar-refractivity contribution in [2.24, 2.45) is 0 Å². The van der Waals surface area contributed by atoms with Gasteiger partial charge in [0.25, 0.3) is 0 Å². The van der Waals surface area contributed by atoms with E-state index in [0.717, 1.165) is 10.6 Å². The van der Waals surface area contributed by atoms with Gasteiger partial charge in [-0.3, -0.25) is 0 Å². The van der Waals surface area contributed by atoms with Gasteiger partial charge in [0.2, 0.25) is 0 Å². The Morgan fingerprint density at radius 2 is 2.05 bits per heavy atom. The number of hydrogen-bond donors (Lipinski definition) is 1. The molecule has 1 aromatic heterocycles. The van der Waals surface area contributed by atoms with Gasteiger partial charge in [-0.05, 0) is 55.5 Å². The molecular weight excluding hydrogens is 254 g/mol. The third-order valence-corrected chi connectivity index (χ3v) is 4.56. The fourth-order valence-corrected chi connectivity index (χ4v) is 3.56. The highest BCUT2D eigenvalue weighted by molar-refractivity contribution is 7.99. The fraction of sp³-hybridized carbons (Fsp3) is 0.312. The predicted octanol–water partition coefficient (Wildman–Crippen LogP) is 3.77. The molecule has 1 atom stereocenters. The van der Waals surface area contributed by atoms with Crippen LogP contribution in [0.3, 0.4) is 0 Å². The first kappa shape index (κ1) is 12.7. The van der Waals surface area contributed by atoms with E-state index in [1.165, 1.54) is 35.3 Å². The number of fused-ring (bicyclic) bond motifs is 1. The Morgan fingerprint density at radius 3 is 2.89 bits per heavy atom. The maximum absolute atomic E-state index is 9.78. The first-order chi connectivity index (χ1) is 9.24. The second-order valence-electron chi connectivity index (χ2n) is 4.96.